The number of aromatic nitrogens is 2. The van der Waals surface area contributed by atoms with E-state index in [0.29, 0.717) is 33.7 Å². The predicted molar refractivity (Wildman–Crippen MR) is 101 cm³/mol. The van der Waals surface area contributed by atoms with Gasteiger partial charge in [-0.15, -0.1) is 0 Å². The number of nitrogens with zero attached hydrogens (tertiary/aromatic N) is 3. The van der Waals surface area contributed by atoms with Crippen molar-refractivity contribution in [1.29, 1.82) is 0 Å². The minimum atomic E-state index is -1.04. The molecule has 4 rings (SSSR count). The van der Waals surface area contributed by atoms with E-state index in [1.165, 1.54) is 27.7 Å². The van der Waals surface area contributed by atoms with Crippen LogP contribution < -0.4 is 5.32 Å². The molecule has 1 aliphatic heterocycles. The van der Waals surface area contributed by atoms with Crippen molar-refractivity contribution in [2.45, 2.75) is 19.5 Å². The van der Waals surface area contributed by atoms with Crippen molar-refractivity contribution in [2.24, 2.45) is 0 Å². The first kappa shape index (κ1) is 18.2. The quantitative estimate of drug-likeness (QED) is 0.641. The van der Waals surface area contributed by atoms with E-state index in [9.17, 15) is 19.1 Å². The number of pyridine rings is 1. The number of rotatable bonds is 2. The van der Waals surface area contributed by atoms with Gasteiger partial charge in [-0.3, -0.25) is 4.57 Å². The SMILES string of the molecule is O=C(O)N1CCc2c(c3cc(F)ccc3n2C(=O)NCc2ccnc(Cl)c2)C1. The summed E-state index contributed by atoms with van der Waals surface area (Å²) in [5.74, 6) is -0.438. The second-order valence-corrected chi connectivity index (χ2v) is 6.91. The molecular weight excluding hydrogens is 387 g/mol. The molecule has 0 bridgehead atoms. The van der Waals surface area contributed by atoms with E-state index in [4.69, 9.17) is 11.6 Å². The molecule has 0 aliphatic carbocycles. The Hall–Kier alpha value is -3.13. The zero-order valence-corrected chi connectivity index (χ0v) is 15.4. The number of hydrogen-bond acceptors (Lipinski definition) is 3. The fourth-order valence-electron chi connectivity index (χ4n) is 3.54. The fraction of sp³-hybridized carbons (Fsp3) is 0.211. The summed E-state index contributed by atoms with van der Waals surface area (Å²) < 4.78 is 15.3. The van der Waals surface area contributed by atoms with Crippen molar-refractivity contribution in [2.75, 3.05) is 6.54 Å². The van der Waals surface area contributed by atoms with Crippen LogP contribution in [0, 0.1) is 5.82 Å². The molecule has 28 heavy (non-hydrogen) atoms. The number of nitrogens with one attached hydrogen (secondary N) is 1. The molecule has 1 aliphatic rings. The molecule has 0 spiro atoms. The van der Waals surface area contributed by atoms with Gasteiger partial charge in [-0.2, -0.15) is 0 Å². The van der Waals surface area contributed by atoms with Crippen LogP contribution in [0.25, 0.3) is 10.9 Å². The summed E-state index contributed by atoms with van der Waals surface area (Å²) in [4.78, 5) is 29.4. The van der Waals surface area contributed by atoms with Crippen molar-refractivity contribution >= 4 is 34.6 Å². The molecule has 9 heteroatoms. The lowest BCUT2D eigenvalue weighted by atomic mass is 10.0. The summed E-state index contributed by atoms with van der Waals surface area (Å²) in [5.41, 5.74) is 2.69. The van der Waals surface area contributed by atoms with Crippen LogP contribution in [0.5, 0.6) is 0 Å². The van der Waals surface area contributed by atoms with Crippen molar-refractivity contribution in [1.82, 2.24) is 19.8 Å². The summed E-state index contributed by atoms with van der Waals surface area (Å²) in [6.07, 6.45) is 0.883. The Bertz CT molecular complexity index is 1100. The van der Waals surface area contributed by atoms with Crippen molar-refractivity contribution in [3.05, 3.63) is 64.3 Å². The van der Waals surface area contributed by atoms with E-state index < -0.39 is 11.9 Å². The Balaban J connectivity index is 1.70. The Labute approximate surface area is 164 Å². The Morgan fingerprint density at radius 1 is 1.29 bits per heavy atom. The highest BCUT2D eigenvalue weighted by Crippen LogP contribution is 2.31. The van der Waals surface area contributed by atoms with Gasteiger partial charge in [0.05, 0.1) is 12.1 Å². The van der Waals surface area contributed by atoms with Crippen LogP contribution in [0.2, 0.25) is 5.15 Å². The number of halogens is 2. The summed E-state index contributed by atoms with van der Waals surface area (Å²) in [6, 6.07) is 7.20. The molecule has 144 valence electrons. The monoisotopic (exact) mass is 402 g/mol. The van der Waals surface area contributed by atoms with Gasteiger partial charge in [0, 0.05) is 42.4 Å². The molecule has 0 fully saturated rings. The highest BCUT2D eigenvalue weighted by molar-refractivity contribution is 6.29. The van der Waals surface area contributed by atoms with Gasteiger partial charge in [0.2, 0.25) is 0 Å². The number of carbonyl (C=O) groups excluding carboxylic acids is 1. The number of carbonyl (C=O) groups is 2. The second kappa shape index (κ2) is 7.12. The van der Waals surface area contributed by atoms with E-state index in [-0.39, 0.29) is 25.7 Å². The lowest BCUT2D eigenvalue weighted by Crippen LogP contribution is -2.37. The first-order valence-corrected chi connectivity index (χ1v) is 9.00. The van der Waals surface area contributed by atoms with Crippen molar-refractivity contribution in [3.8, 4) is 0 Å². The summed E-state index contributed by atoms with van der Waals surface area (Å²) in [6.45, 7) is 0.636. The fourth-order valence-corrected chi connectivity index (χ4v) is 3.73. The molecule has 0 saturated heterocycles. The van der Waals surface area contributed by atoms with Crippen LogP contribution in [0.4, 0.5) is 14.0 Å². The third-order valence-corrected chi connectivity index (χ3v) is 5.03. The van der Waals surface area contributed by atoms with Crippen molar-refractivity contribution < 1.29 is 19.1 Å². The molecule has 0 radical (unpaired) electrons. The predicted octanol–water partition coefficient (Wildman–Crippen LogP) is 3.62. The van der Waals surface area contributed by atoms with Gasteiger partial charge >= 0.3 is 12.1 Å². The van der Waals surface area contributed by atoms with Gasteiger partial charge in [0.1, 0.15) is 11.0 Å². The van der Waals surface area contributed by atoms with Gasteiger partial charge in [0.25, 0.3) is 0 Å². The molecule has 2 amide bonds. The number of carboxylic acid groups (broad SMARTS) is 1. The number of hydrogen-bond donors (Lipinski definition) is 2. The van der Waals surface area contributed by atoms with Crippen LogP contribution in [-0.4, -0.2) is 38.2 Å². The van der Waals surface area contributed by atoms with E-state index >= 15 is 0 Å². The maximum atomic E-state index is 13.8. The van der Waals surface area contributed by atoms with Gasteiger partial charge < -0.3 is 15.3 Å². The number of fused-ring (bicyclic) bond motifs is 3. The molecule has 3 heterocycles. The molecule has 0 saturated carbocycles. The molecule has 7 nitrogen and oxygen atoms in total. The third-order valence-electron chi connectivity index (χ3n) is 4.82. The zero-order valence-electron chi connectivity index (χ0n) is 14.7. The molecule has 1 aromatic carbocycles. The third kappa shape index (κ3) is 3.27. The first-order valence-electron chi connectivity index (χ1n) is 8.62. The maximum absolute atomic E-state index is 13.8. The van der Waals surface area contributed by atoms with Gasteiger partial charge in [-0.05, 0) is 35.9 Å². The smallest absolute Gasteiger partial charge is 0.407 e. The lowest BCUT2D eigenvalue weighted by Gasteiger charge is -2.25. The average molecular weight is 403 g/mol. The van der Waals surface area contributed by atoms with E-state index in [2.05, 4.69) is 10.3 Å². The minimum absolute atomic E-state index is 0.116. The largest absolute Gasteiger partial charge is 0.465 e. The first-order chi connectivity index (χ1) is 13.4. The number of amides is 2. The molecule has 0 unspecified atom stereocenters. The van der Waals surface area contributed by atoms with Crippen LogP contribution in [0.15, 0.2) is 36.5 Å². The molecule has 2 aromatic heterocycles. The second-order valence-electron chi connectivity index (χ2n) is 6.52. The Kier molecular flexibility index (Phi) is 4.64. The normalized spacial score (nSPS) is 13.4. The molecule has 3 aromatic rings. The van der Waals surface area contributed by atoms with Crippen molar-refractivity contribution in [3.63, 3.8) is 0 Å². The van der Waals surface area contributed by atoms with E-state index in [1.54, 1.807) is 18.3 Å². The minimum Gasteiger partial charge on any atom is -0.465 e. The standard InChI is InChI=1S/C19H16ClFN4O3/c20-17-7-11(3-5-22-17)9-23-18(26)25-15-2-1-12(21)8-13(15)14-10-24(19(27)28)6-4-16(14)25/h1-3,5,7-8H,4,6,9-10H2,(H,23,26)(H,27,28). The molecule has 2 N–H and O–H groups in total. The topological polar surface area (TPSA) is 87.5 Å². The van der Waals surface area contributed by atoms with Crippen LogP contribution in [0.1, 0.15) is 16.8 Å². The Morgan fingerprint density at radius 3 is 2.86 bits per heavy atom. The molecular formula is C19H16ClFN4O3. The lowest BCUT2D eigenvalue weighted by molar-refractivity contribution is 0.140. The highest BCUT2D eigenvalue weighted by atomic mass is 35.5. The van der Waals surface area contributed by atoms with Gasteiger partial charge in [-0.1, -0.05) is 11.6 Å². The van der Waals surface area contributed by atoms with Crippen LogP contribution in [-0.2, 0) is 19.5 Å². The summed E-state index contributed by atoms with van der Waals surface area (Å²) in [7, 11) is 0. The van der Waals surface area contributed by atoms with E-state index in [0.717, 1.165) is 5.56 Å². The van der Waals surface area contributed by atoms with E-state index in [1.807, 2.05) is 0 Å². The maximum Gasteiger partial charge on any atom is 0.407 e. The Morgan fingerprint density at radius 2 is 2.11 bits per heavy atom. The van der Waals surface area contributed by atoms with Gasteiger partial charge in [0.15, 0.2) is 0 Å². The summed E-state index contributed by atoms with van der Waals surface area (Å²) in [5, 5.41) is 13.0. The molecule has 0 atom stereocenters. The van der Waals surface area contributed by atoms with Crippen LogP contribution >= 0.6 is 11.6 Å². The number of benzene rings is 1. The highest BCUT2D eigenvalue weighted by Gasteiger charge is 2.28. The van der Waals surface area contributed by atoms with Crippen LogP contribution in [0.3, 0.4) is 0 Å². The zero-order chi connectivity index (χ0) is 19.8. The van der Waals surface area contributed by atoms with Gasteiger partial charge in [-0.25, -0.2) is 19.0 Å². The summed E-state index contributed by atoms with van der Waals surface area (Å²) >= 11 is 5.87. The average Bonchev–Trinajstić information content (AvgIpc) is 2.99.